The highest BCUT2D eigenvalue weighted by Crippen LogP contribution is 2.48. The van der Waals surface area contributed by atoms with Gasteiger partial charge in [-0.2, -0.15) is 0 Å². The highest BCUT2D eigenvalue weighted by Gasteiger charge is 2.50. The summed E-state index contributed by atoms with van der Waals surface area (Å²) in [6.07, 6.45) is -0.342. The number of rotatable bonds is 8. The molecule has 1 saturated heterocycles. The van der Waals surface area contributed by atoms with E-state index in [9.17, 15) is 9.90 Å². The van der Waals surface area contributed by atoms with Gasteiger partial charge in [0, 0.05) is 18.1 Å². The van der Waals surface area contributed by atoms with Gasteiger partial charge in [-0.3, -0.25) is 0 Å². The molecule has 0 saturated carbocycles. The minimum atomic E-state index is -0.883. The molecule has 0 amide bonds. The van der Waals surface area contributed by atoms with Crippen molar-refractivity contribution in [1.29, 1.82) is 0 Å². The van der Waals surface area contributed by atoms with Crippen LogP contribution in [-0.2, 0) is 20.9 Å². The predicted octanol–water partition coefficient (Wildman–Crippen LogP) is 2.69. The van der Waals surface area contributed by atoms with Crippen molar-refractivity contribution >= 4 is 29.5 Å². The van der Waals surface area contributed by atoms with Crippen molar-refractivity contribution in [2.75, 3.05) is 24.7 Å². The molecular weight excluding hydrogens is 320 g/mol. The lowest BCUT2D eigenvalue weighted by atomic mass is 10.2. The van der Waals surface area contributed by atoms with Gasteiger partial charge in [0.25, 0.3) is 0 Å². The van der Waals surface area contributed by atoms with Gasteiger partial charge < -0.3 is 14.6 Å². The third-order valence-corrected chi connectivity index (χ3v) is 6.88. The minimum Gasteiger partial charge on any atom is -0.464 e. The molecule has 1 aliphatic heterocycles. The Morgan fingerprint density at radius 1 is 1.32 bits per heavy atom. The second kappa shape index (κ2) is 8.82. The summed E-state index contributed by atoms with van der Waals surface area (Å²) in [7, 11) is 0. The standard InChI is InChI=1S/C16H22O4S2/c1-2-20-15(18)16(21-10-11-22-16)14(17)8-9-19-12-13-6-4-3-5-7-13/h3-7,14,17H,2,8-12H2,1H3/t14-/m0/s1. The Hall–Kier alpha value is -0.690. The van der Waals surface area contributed by atoms with E-state index in [0.717, 1.165) is 17.1 Å². The lowest BCUT2D eigenvalue weighted by Gasteiger charge is -2.29. The van der Waals surface area contributed by atoms with Crippen molar-refractivity contribution in [2.24, 2.45) is 0 Å². The summed E-state index contributed by atoms with van der Waals surface area (Å²) in [6, 6.07) is 9.90. The van der Waals surface area contributed by atoms with E-state index in [0.29, 0.717) is 26.2 Å². The van der Waals surface area contributed by atoms with Crippen molar-refractivity contribution in [1.82, 2.24) is 0 Å². The maximum absolute atomic E-state index is 12.2. The molecule has 0 bridgehead atoms. The summed E-state index contributed by atoms with van der Waals surface area (Å²) in [6.45, 7) is 3.04. The Kier molecular flexibility index (Phi) is 7.08. The molecule has 1 N–H and O–H groups in total. The monoisotopic (exact) mass is 342 g/mol. The summed E-state index contributed by atoms with van der Waals surface area (Å²) in [5.74, 6) is 1.38. The van der Waals surface area contributed by atoms with E-state index in [1.54, 1.807) is 6.92 Å². The zero-order valence-electron chi connectivity index (χ0n) is 12.7. The van der Waals surface area contributed by atoms with Gasteiger partial charge >= 0.3 is 5.97 Å². The van der Waals surface area contributed by atoms with Crippen LogP contribution in [-0.4, -0.2) is 46.0 Å². The zero-order valence-corrected chi connectivity index (χ0v) is 14.3. The van der Waals surface area contributed by atoms with E-state index in [4.69, 9.17) is 9.47 Å². The van der Waals surface area contributed by atoms with Crippen LogP contribution in [0.1, 0.15) is 18.9 Å². The van der Waals surface area contributed by atoms with Crippen LogP contribution < -0.4 is 0 Å². The minimum absolute atomic E-state index is 0.321. The van der Waals surface area contributed by atoms with Crippen molar-refractivity contribution in [2.45, 2.75) is 30.1 Å². The number of aliphatic hydroxyl groups excluding tert-OH is 1. The fourth-order valence-corrected chi connectivity index (χ4v) is 5.34. The van der Waals surface area contributed by atoms with E-state index >= 15 is 0 Å². The van der Waals surface area contributed by atoms with Crippen LogP contribution in [0.4, 0.5) is 0 Å². The Morgan fingerprint density at radius 3 is 2.64 bits per heavy atom. The van der Waals surface area contributed by atoms with E-state index < -0.39 is 10.2 Å². The molecule has 1 aromatic rings. The fourth-order valence-electron chi connectivity index (χ4n) is 2.26. The number of benzene rings is 1. The quantitative estimate of drug-likeness (QED) is 0.579. The first kappa shape index (κ1) is 17.7. The molecular formula is C16H22O4S2. The molecule has 0 spiro atoms. The second-order valence-corrected chi connectivity index (χ2v) is 7.87. The van der Waals surface area contributed by atoms with E-state index in [2.05, 4.69) is 0 Å². The molecule has 1 aromatic carbocycles. The van der Waals surface area contributed by atoms with Crippen molar-refractivity contribution in [3.05, 3.63) is 35.9 Å². The molecule has 1 atom stereocenters. The predicted molar refractivity (Wildman–Crippen MR) is 91.0 cm³/mol. The largest absolute Gasteiger partial charge is 0.464 e. The summed E-state index contributed by atoms with van der Waals surface area (Å²) < 4.78 is 9.87. The lowest BCUT2D eigenvalue weighted by Crippen LogP contribution is -2.44. The first-order valence-corrected chi connectivity index (χ1v) is 9.41. The number of aliphatic hydroxyl groups is 1. The Balaban J connectivity index is 1.81. The molecule has 6 heteroatoms. The molecule has 2 rings (SSSR count). The summed E-state index contributed by atoms with van der Waals surface area (Å²) >= 11 is 2.97. The first-order valence-electron chi connectivity index (χ1n) is 7.44. The number of hydrogen-bond acceptors (Lipinski definition) is 6. The molecule has 1 aliphatic rings. The Morgan fingerprint density at radius 2 is 2.00 bits per heavy atom. The van der Waals surface area contributed by atoms with Crippen LogP contribution in [0.15, 0.2) is 30.3 Å². The van der Waals surface area contributed by atoms with Crippen molar-refractivity contribution in [3.8, 4) is 0 Å². The molecule has 0 aromatic heterocycles. The number of thioether (sulfide) groups is 2. The van der Waals surface area contributed by atoms with Gasteiger partial charge in [0.2, 0.25) is 0 Å². The summed E-state index contributed by atoms with van der Waals surface area (Å²) in [5, 5.41) is 10.5. The molecule has 1 fully saturated rings. The number of esters is 1. The first-order chi connectivity index (χ1) is 10.7. The van der Waals surface area contributed by atoms with Gasteiger partial charge in [-0.25, -0.2) is 4.79 Å². The van der Waals surface area contributed by atoms with Gasteiger partial charge in [-0.05, 0) is 18.9 Å². The average molecular weight is 342 g/mol. The molecule has 122 valence electrons. The number of ether oxygens (including phenoxy) is 2. The highest BCUT2D eigenvalue weighted by atomic mass is 32.2. The lowest BCUT2D eigenvalue weighted by molar-refractivity contribution is -0.146. The fraction of sp³-hybridized carbons (Fsp3) is 0.562. The maximum atomic E-state index is 12.2. The van der Waals surface area contributed by atoms with Gasteiger partial charge in [0.05, 0.1) is 19.3 Å². The van der Waals surface area contributed by atoms with Gasteiger partial charge in [-0.15, -0.1) is 23.5 Å². The van der Waals surface area contributed by atoms with Crippen LogP contribution in [0.3, 0.4) is 0 Å². The normalized spacial score (nSPS) is 18.1. The molecule has 4 nitrogen and oxygen atoms in total. The third-order valence-electron chi connectivity index (χ3n) is 3.36. The van der Waals surface area contributed by atoms with Crippen molar-refractivity contribution in [3.63, 3.8) is 0 Å². The summed E-state index contributed by atoms with van der Waals surface area (Å²) in [5.41, 5.74) is 1.10. The van der Waals surface area contributed by atoms with E-state index in [1.807, 2.05) is 30.3 Å². The van der Waals surface area contributed by atoms with E-state index in [1.165, 1.54) is 23.5 Å². The second-order valence-electron chi connectivity index (χ2n) is 4.93. The van der Waals surface area contributed by atoms with Crippen LogP contribution in [0, 0.1) is 0 Å². The Labute approximate surface area is 140 Å². The molecule has 0 unspecified atom stereocenters. The average Bonchev–Trinajstić information content (AvgIpc) is 3.04. The molecule has 0 aliphatic carbocycles. The van der Waals surface area contributed by atoms with Gasteiger partial charge in [0.1, 0.15) is 0 Å². The van der Waals surface area contributed by atoms with Gasteiger partial charge in [-0.1, -0.05) is 30.3 Å². The molecule has 1 heterocycles. The number of carbonyl (C=O) groups excluding carboxylic acids is 1. The van der Waals surface area contributed by atoms with Crippen LogP contribution in [0.2, 0.25) is 0 Å². The zero-order chi connectivity index (χ0) is 15.8. The third kappa shape index (κ3) is 4.41. The topological polar surface area (TPSA) is 55.8 Å². The smallest absolute Gasteiger partial charge is 0.335 e. The maximum Gasteiger partial charge on any atom is 0.335 e. The number of carbonyl (C=O) groups is 1. The van der Waals surface area contributed by atoms with E-state index in [-0.39, 0.29) is 5.97 Å². The number of hydrogen-bond donors (Lipinski definition) is 1. The summed E-state index contributed by atoms with van der Waals surface area (Å²) in [4.78, 5) is 12.2. The molecule has 0 radical (unpaired) electrons. The van der Waals surface area contributed by atoms with Gasteiger partial charge in [0.15, 0.2) is 4.08 Å². The Bertz CT molecular complexity index is 460. The van der Waals surface area contributed by atoms with Crippen LogP contribution >= 0.6 is 23.5 Å². The highest BCUT2D eigenvalue weighted by molar-refractivity contribution is 8.22. The molecule has 22 heavy (non-hydrogen) atoms. The SMILES string of the molecule is CCOC(=O)C1([C@@H](O)CCOCc2ccccc2)SCCS1. The van der Waals surface area contributed by atoms with Crippen LogP contribution in [0.25, 0.3) is 0 Å². The van der Waals surface area contributed by atoms with Crippen molar-refractivity contribution < 1.29 is 19.4 Å². The van der Waals surface area contributed by atoms with Crippen LogP contribution in [0.5, 0.6) is 0 Å².